The van der Waals surface area contributed by atoms with Gasteiger partial charge in [-0.25, -0.2) is 13.4 Å². The summed E-state index contributed by atoms with van der Waals surface area (Å²) in [5.41, 5.74) is 1.10. The summed E-state index contributed by atoms with van der Waals surface area (Å²) in [6.45, 7) is 6.26. The smallest absolute Gasteiger partial charge is 0.243 e. The summed E-state index contributed by atoms with van der Waals surface area (Å²) in [5.74, 6) is 2.68. The lowest BCUT2D eigenvalue weighted by Crippen LogP contribution is -2.48. The molecule has 0 saturated carbocycles. The first-order chi connectivity index (χ1) is 15.5. The van der Waals surface area contributed by atoms with E-state index in [9.17, 15) is 8.42 Å². The van der Waals surface area contributed by atoms with Crippen LogP contribution in [0.4, 0.5) is 17.5 Å². The SMILES string of the molecule is CCOc1ccc(S(=O)(=O)N2CCN(c3ccc(Nc4cc(C)ccn4)nn3)CC2)cc1. The molecule has 0 spiro atoms. The van der Waals surface area contributed by atoms with Gasteiger partial charge in [0.25, 0.3) is 0 Å². The fraction of sp³-hybridized carbons (Fsp3) is 0.318. The number of rotatable bonds is 7. The minimum absolute atomic E-state index is 0.273. The number of sulfonamides is 1. The van der Waals surface area contributed by atoms with Crippen molar-refractivity contribution in [3.8, 4) is 5.75 Å². The van der Waals surface area contributed by atoms with Crippen LogP contribution in [0.2, 0.25) is 0 Å². The van der Waals surface area contributed by atoms with Gasteiger partial charge in [0.2, 0.25) is 10.0 Å². The van der Waals surface area contributed by atoms with E-state index in [2.05, 4.69) is 20.5 Å². The zero-order chi connectivity index (χ0) is 22.6. The number of nitrogens with zero attached hydrogens (tertiary/aromatic N) is 5. The first-order valence-electron chi connectivity index (χ1n) is 10.5. The van der Waals surface area contributed by atoms with Crippen molar-refractivity contribution in [2.45, 2.75) is 18.7 Å². The van der Waals surface area contributed by atoms with E-state index in [0.717, 1.165) is 5.56 Å². The fourth-order valence-electron chi connectivity index (χ4n) is 3.48. The number of piperazine rings is 1. The van der Waals surface area contributed by atoms with Crippen LogP contribution in [0.25, 0.3) is 0 Å². The van der Waals surface area contributed by atoms with Crippen LogP contribution in [0.3, 0.4) is 0 Å². The normalized spacial score (nSPS) is 14.9. The Morgan fingerprint density at radius 3 is 2.34 bits per heavy atom. The number of pyridine rings is 1. The number of anilines is 3. The molecule has 0 radical (unpaired) electrons. The highest BCUT2D eigenvalue weighted by Gasteiger charge is 2.29. The number of hydrogen-bond acceptors (Lipinski definition) is 8. The first kappa shape index (κ1) is 22.0. The fourth-order valence-corrected chi connectivity index (χ4v) is 4.90. The molecule has 2 aromatic heterocycles. The molecule has 0 atom stereocenters. The second kappa shape index (κ2) is 9.49. The molecule has 3 aromatic rings. The Morgan fingerprint density at radius 1 is 0.969 bits per heavy atom. The standard InChI is InChI=1S/C22H26N6O3S/c1-3-31-18-4-6-19(7-5-18)32(29,30)28-14-12-27(13-15-28)22-9-8-20(25-26-22)24-21-16-17(2)10-11-23-21/h4-11,16H,3,12-15H2,1-2H3,(H,23,24,25). The van der Waals surface area contributed by atoms with Gasteiger partial charge >= 0.3 is 0 Å². The highest BCUT2D eigenvalue weighted by Crippen LogP contribution is 2.23. The van der Waals surface area contributed by atoms with Gasteiger partial charge in [-0.15, -0.1) is 10.2 Å². The molecule has 1 aromatic carbocycles. The third-order valence-corrected chi connectivity index (χ3v) is 7.07. The van der Waals surface area contributed by atoms with Crippen LogP contribution in [0.1, 0.15) is 12.5 Å². The van der Waals surface area contributed by atoms with Gasteiger partial charge in [-0.1, -0.05) is 0 Å². The van der Waals surface area contributed by atoms with Crippen molar-refractivity contribution in [2.24, 2.45) is 0 Å². The zero-order valence-electron chi connectivity index (χ0n) is 18.1. The summed E-state index contributed by atoms with van der Waals surface area (Å²) in [6, 6.07) is 14.1. The maximum Gasteiger partial charge on any atom is 0.243 e. The maximum absolute atomic E-state index is 13.0. The molecule has 3 heterocycles. The van der Waals surface area contributed by atoms with Crippen molar-refractivity contribution in [3.05, 3.63) is 60.3 Å². The van der Waals surface area contributed by atoms with E-state index in [4.69, 9.17) is 4.74 Å². The molecule has 32 heavy (non-hydrogen) atoms. The van der Waals surface area contributed by atoms with Crippen LogP contribution in [-0.4, -0.2) is 60.7 Å². The number of hydrogen-bond donors (Lipinski definition) is 1. The molecule has 10 heteroatoms. The second-order valence-corrected chi connectivity index (χ2v) is 9.35. The van der Waals surface area contributed by atoms with Gasteiger partial charge in [0.1, 0.15) is 11.6 Å². The molecule has 9 nitrogen and oxygen atoms in total. The Bertz CT molecular complexity index is 1150. The van der Waals surface area contributed by atoms with Gasteiger partial charge in [0.05, 0.1) is 11.5 Å². The van der Waals surface area contributed by atoms with Gasteiger partial charge in [-0.2, -0.15) is 4.31 Å². The number of aromatic nitrogens is 3. The van der Waals surface area contributed by atoms with E-state index in [0.29, 0.717) is 56.0 Å². The Hall–Kier alpha value is -3.24. The molecule has 1 N–H and O–H groups in total. The molecule has 168 valence electrons. The van der Waals surface area contributed by atoms with E-state index in [1.54, 1.807) is 30.5 Å². The van der Waals surface area contributed by atoms with Crippen molar-refractivity contribution < 1.29 is 13.2 Å². The van der Waals surface area contributed by atoms with E-state index in [1.165, 1.54) is 4.31 Å². The van der Waals surface area contributed by atoms with E-state index in [1.807, 2.05) is 43.0 Å². The molecule has 1 fully saturated rings. The minimum Gasteiger partial charge on any atom is -0.494 e. The van der Waals surface area contributed by atoms with Gasteiger partial charge in [-0.05, 0) is 67.9 Å². The van der Waals surface area contributed by atoms with E-state index >= 15 is 0 Å². The van der Waals surface area contributed by atoms with E-state index < -0.39 is 10.0 Å². The highest BCUT2D eigenvalue weighted by atomic mass is 32.2. The predicted molar refractivity (Wildman–Crippen MR) is 123 cm³/mol. The largest absolute Gasteiger partial charge is 0.494 e. The lowest BCUT2D eigenvalue weighted by Gasteiger charge is -2.34. The third-order valence-electron chi connectivity index (χ3n) is 5.16. The Labute approximate surface area is 188 Å². The lowest BCUT2D eigenvalue weighted by atomic mass is 10.3. The predicted octanol–water partition coefficient (Wildman–Crippen LogP) is 2.83. The molecule has 0 unspecified atom stereocenters. The molecular formula is C22H26N6O3S. The maximum atomic E-state index is 13.0. The minimum atomic E-state index is -3.55. The van der Waals surface area contributed by atoms with Gasteiger partial charge in [-0.3, -0.25) is 0 Å². The highest BCUT2D eigenvalue weighted by molar-refractivity contribution is 7.89. The molecule has 0 amide bonds. The molecule has 1 aliphatic heterocycles. The lowest BCUT2D eigenvalue weighted by molar-refractivity contribution is 0.340. The number of ether oxygens (including phenoxy) is 1. The Morgan fingerprint density at radius 2 is 1.72 bits per heavy atom. The van der Waals surface area contributed by atoms with Crippen LogP contribution < -0.4 is 15.0 Å². The zero-order valence-corrected chi connectivity index (χ0v) is 18.9. The molecule has 1 aliphatic rings. The van der Waals surface area contributed by atoms with Gasteiger partial charge < -0.3 is 15.0 Å². The molecule has 4 rings (SSSR count). The monoisotopic (exact) mass is 454 g/mol. The van der Waals surface area contributed by atoms with Crippen molar-refractivity contribution in [2.75, 3.05) is 43.0 Å². The molecule has 0 bridgehead atoms. The number of nitrogens with one attached hydrogen (secondary N) is 1. The van der Waals surface area contributed by atoms with Crippen molar-refractivity contribution in [1.82, 2.24) is 19.5 Å². The van der Waals surface area contributed by atoms with Crippen LogP contribution in [0.5, 0.6) is 5.75 Å². The van der Waals surface area contributed by atoms with Crippen LogP contribution in [0, 0.1) is 6.92 Å². The summed E-state index contributed by atoms with van der Waals surface area (Å²) in [6.07, 6.45) is 1.74. The first-order valence-corrected chi connectivity index (χ1v) is 11.9. The molecule has 1 saturated heterocycles. The number of aryl methyl sites for hydroxylation is 1. The van der Waals surface area contributed by atoms with Gasteiger partial charge in [0.15, 0.2) is 11.6 Å². The summed E-state index contributed by atoms with van der Waals surface area (Å²) in [4.78, 5) is 6.56. The molecule has 0 aliphatic carbocycles. The summed E-state index contributed by atoms with van der Waals surface area (Å²) in [7, 11) is -3.55. The topological polar surface area (TPSA) is 101 Å². The van der Waals surface area contributed by atoms with E-state index in [-0.39, 0.29) is 4.90 Å². The van der Waals surface area contributed by atoms with Crippen molar-refractivity contribution in [1.29, 1.82) is 0 Å². The Balaban J connectivity index is 1.36. The average molecular weight is 455 g/mol. The third kappa shape index (κ3) is 4.97. The van der Waals surface area contributed by atoms with Crippen LogP contribution in [0.15, 0.2) is 59.6 Å². The van der Waals surface area contributed by atoms with Crippen molar-refractivity contribution in [3.63, 3.8) is 0 Å². The van der Waals surface area contributed by atoms with Crippen LogP contribution in [-0.2, 0) is 10.0 Å². The summed E-state index contributed by atoms with van der Waals surface area (Å²) in [5, 5.41) is 11.7. The summed E-state index contributed by atoms with van der Waals surface area (Å²) < 4.78 is 32.8. The van der Waals surface area contributed by atoms with Crippen molar-refractivity contribution >= 4 is 27.5 Å². The Kier molecular flexibility index (Phi) is 6.52. The average Bonchev–Trinajstić information content (AvgIpc) is 2.80. The number of benzene rings is 1. The summed E-state index contributed by atoms with van der Waals surface area (Å²) >= 11 is 0. The van der Waals surface area contributed by atoms with Crippen LogP contribution >= 0.6 is 0 Å². The van der Waals surface area contributed by atoms with Gasteiger partial charge in [0, 0.05) is 32.4 Å². The molecular weight excluding hydrogens is 428 g/mol. The quantitative estimate of drug-likeness (QED) is 0.582. The second-order valence-electron chi connectivity index (χ2n) is 7.42.